The van der Waals surface area contributed by atoms with Gasteiger partial charge in [-0.2, -0.15) is 5.10 Å². The van der Waals surface area contributed by atoms with E-state index in [-0.39, 0.29) is 5.91 Å². The van der Waals surface area contributed by atoms with E-state index in [9.17, 15) is 4.79 Å². The summed E-state index contributed by atoms with van der Waals surface area (Å²) in [6.07, 6.45) is 9.44. The number of hydrogen-bond acceptors (Lipinski definition) is 3. The lowest BCUT2D eigenvalue weighted by molar-refractivity contribution is 0.0945. The van der Waals surface area contributed by atoms with Crippen LogP contribution in [0.25, 0.3) is 0 Å². The Hall–Kier alpha value is -1.52. The Morgan fingerprint density at radius 1 is 1.47 bits per heavy atom. The summed E-state index contributed by atoms with van der Waals surface area (Å²) in [5, 5.41) is 7.10. The van der Waals surface area contributed by atoms with Crippen LogP contribution in [0.3, 0.4) is 0 Å². The number of amides is 1. The molecule has 0 radical (unpaired) electrons. The summed E-state index contributed by atoms with van der Waals surface area (Å²) in [6, 6.07) is 0. The summed E-state index contributed by atoms with van der Waals surface area (Å²) in [6.45, 7) is 3.42. The van der Waals surface area contributed by atoms with Crippen LogP contribution in [0.2, 0.25) is 0 Å². The van der Waals surface area contributed by atoms with Crippen LogP contribution in [0.5, 0.6) is 0 Å². The average Bonchev–Trinajstić information content (AvgIpc) is 2.81. The van der Waals surface area contributed by atoms with E-state index in [4.69, 9.17) is 5.73 Å². The number of hydrogen-bond donors (Lipinski definition) is 2. The highest BCUT2D eigenvalue weighted by Gasteiger charge is 2.16. The lowest BCUT2D eigenvalue weighted by atomic mass is 9.87. The van der Waals surface area contributed by atoms with Crippen LogP contribution in [0.4, 0.5) is 5.69 Å². The normalized spacial score (nSPS) is 16.5. The van der Waals surface area contributed by atoms with Gasteiger partial charge in [0.25, 0.3) is 5.91 Å². The van der Waals surface area contributed by atoms with Crippen molar-refractivity contribution < 1.29 is 4.79 Å². The number of nitrogen functional groups attached to an aromatic ring is 1. The van der Waals surface area contributed by atoms with E-state index in [1.165, 1.54) is 32.1 Å². The molecule has 1 aliphatic rings. The first kappa shape index (κ1) is 13.9. The van der Waals surface area contributed by atoms with Crippen LogP contribution in [-0.2, 0) is 6.54 Å². The van der Waals surface area contributed by atoms with E-state index in [1.807, 2.05) is 6.92 Å². The number of nitrogens with zero attached hydrogens (tertiary/aromatic N) is 2. The molecule has 5 nitrogen and oxygen atoms in total. The molecule has 0 bridgehead atoms. The van der Waals surface area contributed by atoms with Gasteiger partial charge in [0.2, 0.25) is 0 Å². The van der Waals surface area contributed by atoms with Crippen molar-refractivity contribution in [3.63, 3.8) is 0 Å². The van der Waals surface area contributed by atoms with Crippen molar-refractivity contribution in [3.05, 3.63) is 11.9 Å². The second kappa shape index (κ2) is 6.59. The Balaban J connectivity index is 1.78. The molecule has 0 spiro atoms. The first-order valence-electron chi connectivity index (χ1n) is 7.31. The summed E-state index contributed by atoms with van der Waals surface area (Å²) < 4.78 is 1.69. The number of nitrogens with one attached hydrogen (secondary N) is 1. The number of aryl methyl sites for hydroxylation is 1. The summed E-state index contributed by atoms with van der Waals surface area (Å²) in [7, 11) is 0. The van der Waals surface area contributed by atoms with Crippen molar-refractivity contribution in [3.8, 4) is 0 Å². The van der Waals surface area contributed by atoms with Crippen LogP contribution >= 0.6 is 0 Å². The van der Waals surface area contributed by atoms with E-state index in [0.29, 0.717) is 11.4 Å². The van der Waals surface area contributed by atoms with E-state index in [0.717, 1.165) is 25.4 Å². The van der Waals surface area contributed by atoms with Gasteiger partial charge in [-0.25, -0.2) is 0 Å². The Kier molecular flexibility index (Phi) is 4.82. The molecule has 2 rings (SSSR count). The fourth-order valence-corrected chi connectivity index (χ4v) is 2.72. The van der Waals surface area contributed by atoms with E-state index in [2.05, 4.69) is 10.4 Å². The number of carbonyl (C=O) groups excluding carboxylic acids is 1. The SMILES string of the molecule is CCn1cc(N)c(C(=O)NCCC2CCCCC2)n1. The van der Waals surface area contributed by atoms with Crippen LogP contribution < -0.4 is 11.1 Å². The zero-order valence-corrected chi connectivity index (χ0v) is 11.7. The molecule has 1 amide bonds. The molecule has 0 aliphatic heterocycles. The highest BCUT2D eigenvalue weighted by atomic mass is 16.1. The third-order valence-electron chi connectivity index (χ3n) is 3.89. The molecule has 0 atom stereocenters. The first-order valence-corrected chi connectivity index (χ1v) is 7.31. The minimum absolute atomic E-state index is 0.152. The van der Waals surface area contributed by atoms with Crippen LogP contribution in [0.1, 0.15) is 55.9 Å². The molecule has 5 heteroatoms. The summed E-state index contributed by atoms with van der Waals surface area (Å²) in [5.74, 6) is 0.625. The van der Waals surface area contributed by atoms with Gasteiger partial charge >= 0.3 is 0 Å². The number of rotatable bonds is 5. The van der Waals surface area contributed by atoms with Gasteiger partial charge in [-0.3, -0.25) is 9.48 Å². The van der Waals surface area contributed by atoms with Crippen molar-refractivity contribution in [1.82, 2.24) is 15.1 Å². The minimum atomic E-state index is -0.152. The van der Waals surface area contributed by atoms with Crippen molar-refractivity contribution in [1.29, 1.82) is 0 Å². The van der Waals surface area contributed by atoms with Gasteiger partial charge in [0.15, 0.2) is 5.69 Å². The minimum Gasteiger partial charge on any atom is -0.396 e. The molecule has 1 aromatic rings. The van der Waals surface area contributed by atoms with Gasteiger partial charge in [0, 0.05) is 19.3 Å². The van der Waals surface area contributed by atoms with E-state index in [1.54, 1.807) is 10.9 Å². The average molecular weight is 264 g/mol. The molecule has 1 aromatic heterocycles. The second-order valence-electron chi connectivity index (χ2n) is 5.34. The Morgan fingerprint density at radius 3 is 2.84 bits per heavy atom. The molecule has 1 fully saturated rings. The van der Waals surface area contributed by atoms with Gasteiger partial charge in [-0.1, -0.05) is 32.1 Å². The van der Waals surface area contributed by atoms with Crippen molar-refractivity contribution in [2.45, 2.75) is 52.0 Å². The number of aromatic nitrogens is 2. The zero-order valence-electron chi connectivity index (χ0n) is 11.7. The predicted octanol–water partition coefficient (Wildman–Crippen LogP) is 2.19. The molecule has 1 saturated carbocycles. The Labute approximate surface area is 114 Å². The molecule has 19 heavy (non-hydrogen) atoms. The van der Waals surface area contributed by atoms with Crippen molar-refractivity contribution >= 4 is 11.6 Å². The van der Waals surface area contributed by atoms with Gasteiger partial charge in [-0.15, -0.1) is 0 Å². The van der Waals surface area contributed by atoms with Crippen molar-refractivity contribution in [2.24, 2.45) is 5.92 Å². The van der Waals surface area contributed by atoms with Gasteiger partial charge in [-0.05, 0) is 19.3 Å². The molecule has 0 saturated heterocycles. The highest BCUT2D eigenvalue weighted by Crippen LogP contribution is 2.25. The summed E-state index contributed by atoms with van der Waals surface area (Å²) in [4.78, 5) is 12.0. The molecular formula is C14H24N4O. The number of nitrogens with two attached hydrogens (primary N) is 1. The fourth-order valence-electron chi connectivity index (χ4n) is 2.72. The Morgan fingerprint density at radius 2 is 2.21 bits per heavy atom. The first-order chi connectivity index (χ1) is 9.20. The maximum Gasteiger partial charge on any atom is 0.273 e. The summed E-state index contributed by atoms with van der Waals surface area (Å²) >= 11 is 0. The maximum absolute atomic E-state index is 12.0. The molecular weight excluding hydrogens is 240 g/mol. The quantitative estimate of drug-likeness (QED) is 0.856. The van der Waals surface area contributed by atoms with Gasteiger partial charge in [0.1, 0.15) is 0 Å². The second-order valence-corrected chi connectivity index (χ2v) is 5.34. The van der Waals surface area contributed by atoms with Gasteiger partial charge < -0.3 is 11.1 Å². The largest absolute Gasteiger partial charge is 0.396 e. The Bertz CT molecular complexity index is 421. The third-order valence-corrected chi connectivity index (χ3v) is 3.89. The van der Waals surface area contributed by atoms with E-state index < -0.39 is 0 Å². The van der Waals surface area contributed by atoms with E-state index >= 15 is 0 Å². The number of carbonyl (C=O) groups is 1. The van der Waals surface area contributed by atoms with Crippen molar-refractivity contribution in [2.75, 3.05) is 12.3 Å². The monoisotopic (exact) mass is 264 g/mol. The van der Waals surface area contributed by atoms with Crippen LogP contribution in [-0.4, -0.2) is 22.2 Å². The lowest BCUT2D eigenvalue weighted by Gasteiger charge is -2.21. The molecule has 3 N–H and O–H groups in total. The molecule has 1 aliphatic carbocycles. The predicted molar refractivity (Wildman–Crippen MR) is 75.8 cm³/mol. The molecule has 1 heterocycles. The van der Waals surface area contributed by atoms with Gasteiger partial charge in [0.05, 0.1) is 5.69 Å². The highest BCUT2D eigenvalue weighted by molar-refractivity contribution is 5.96. The third kappa shape index (κ3) is 3.72. The molecule has 0 unspecified atom stereocenters. The van der Waals surface area contributed by atoms with Crippen LogP contribution in [0, 0.1) is 5.92 Å². The topological polar surface area (TPSA) is 72.9 Å². The number of anilines is 1. The molecule has 106 valence electrons. The maximum atomic E-state index is 12.0. The summed E-state index contributed by atoms with van der Waals surface area (Å²) in [5.41, 5.74) is 6.60. The lowest BCUT2D eigenvalue weighted by Crippen LogP contribution is -2.27. The standard InChI is InChI=1S/C14H24N4O/c1-2-18-10-12(15)13(17-18)14(19)16-9-8-11-6-4-3-5-7-11/h10-11H,2-9,15H2,1H3,(H,16,19). The fraction of sp³-hybridized carbons (Fsp3) is 0.714. The van der Waals surface area contributed by atoms with Crippen LogP contribution in [0.15, 0.2) is 6.20 Å². The smallest absolute Gasteiger partial charge is 0.273 e. The zero-order chi connectivity index (χ0) is 13.7. The molecule has 0 aromatic carbocycles.